The minimum Gasteiger partial charge on any atom is -0.490 e. The molecule has 0 unspecified atom stereocenters. The van der Waals surface area contributed by atoms with E-state index in [9.17, 15) is 45.8 Å². The fourth-order valence-electron chi connectivity index (χ4n) is 8.18. The summed E-state index contributed by atoms with van der Waals surface area (Å²) >= 11 is 0.379. The van der Waals surface area contributed by atoms with Crippen LogP contribution in [0.3, 0.4) is 0 Å². The van der Waals surface area contributed by atoms with Crippen molar-refractivity contribution < 1.29 is 55.3 Å². The Morgan fingerprint density at radius 1 is 1.02 bits per heavy atom. The number of benzene rings is 1. The fourth-order valence-corrected chi connectivity index (χ4v) is 8.86. The first-order valence-electron chi connectivity index (χ1n) is 18.2. The molecule has 298 valence electrons. The maximum atomic E-state index is 15.0. The van der Waals surface area contributed by atoms with Gasteiger partial charge in [-0.3, -0.25) is 19.4 Å². The summed E-state index contributed by atoms with van der Waals surface area (Å²) in [4.78, 5) is 46.1. The van der Waals surface area contributed by atoms with E-state index in [1.165, 1.54) is 9.80 Å². The lowest BCUT2D eigenvalue weighted by Crippen LogP contribution is -2.69. The molecule has 3 aromatic rings. The highest BCUT2D eigenvalue weighted by Crippen LogP contribution is 2.44. The van der Waals surface area contributed by atoms with Gasteiger partial charge in [0.25, 0.3) is 11.8 Å². The average molecular weight is 797 g/mol. The van der Waals surface area contributed by atoms with Crippen LogP contribution in [-0.4, -0.2) is 75.1 Å². The molecule has 6 rings (SSSR count). The second kappa shape index (κ2) is 15.6. The highest BCUT2D eigenvalue weighted by molar-refractivity contribution is 7.10. The Hall–Kier alpha value is -4.38. The second-order valence-electron chi connectivity index (χ2n) is 14.5. The summed E-state index contributed by atoms with van der Waals surface area (Å²) in [5.41, 5.74) is 2.86. The predicted molar refractivity (Wildman–Crippen MR) is 188 cm³/mol. The van der Waals surface area contributed by atoms with E-state index in [0.717, 1.165) is 23.8 Å². The Balaban J connectivity index is 1.31. The number of carbonyl (C=O) groups is 3. The number of hydrogen-bond donors (Lipinski definition) is 2. The van der Waals surface area contributed by atoms with E-state index in [4.69, 9.17) is 15.2 Å². The number of aromatic nitrogens is 1. The molecule has 0 bridgehead atoms. The smallest absolute Gasteiger partial charge is 0.425 e. The van der Waals surface area contributed by atoms with Crippen molar-refractivity contribution in [3.05, 3.63) is 75.7 Å². The molecule has 1 aliphatic carbocycles. The largest absolute Gasteiger partial charge is 0.490 e. The van der Waals surface area contributed by atoms with Crippen LogP contribution in [-0.2, 0) is 27.5 Å². The van der Waals surface area contributed by atoms with Crippen LogP contribution < -0.4 is 15.2 Å². The lowest BCUT2D eigenvalue weighted by Gasteiger charge is -2.51. The number of ether oxygens (including phenoxy) is 2. The molecule has 1 aromatic carbocycles. The molecule has 4 atom stereocenters. The van der Waals surface area contributed by atoms with Gasteiger partial charge < -0.3 is 30.1 Å². The van der Waals surface area contributed by atoms with Gasteiger partial charge in [0.2, 0.25) is 5.60 Å². The van der Waals surface area contributed by atoms with Crippen molar-refractivity contribution >= 4 is 29.1 Å². The summed E-state index contributed by atoms with van der Waals surface area (Å²) in [6.45, 7) is 1.91. The van der Waals surface area contributed by atoms with Crippen LogP contribution in [0.15, 0.2) is 54.2 Å². The molecular weight excluding hydrogens is 754 g/mol. The number of halogens is 6. The molecule has 2 aliphatic heterocycles. The average Bonchev–Trinajstić information content (AvgIpc) is 3.82. The van der Waals surface area contributed by atoms with Crippen molar-refractivity contribution in [3.8, 4) is 11.5 Å². The molecule has 55 heavy (non-hydrogen) atoms. The monoisotopic (exact) mass is 796 g/mol. The van der Waals surface area contributed by atoms with E-state index in [2.05, 4.69) is 4.98 Å². The molecule has 2 saturated heterocycles. The third-order valence-corrected chi connectivity index (χ3v) is 11.9. The van der Waals surface area contributed by atoms with Gasteiger partial charge in [-0.15, -0.1) is 11.3 Å². The topological polar surface area (TPSA) is 135 Å². The number of pyridine rings is 1. The standard InChI is InChI=1S/C38H42F6N4O6S/c1-2-6-30-36(54-25-20-31(55-22-25)38(42,43)44,12-5-16-48(30)32(49)26-21-46-15-11-27(26)37(39,40)41)34(52)47-17-13-35(45,14-18-47)28-7-3-4-8-29(28)53-24-10-9-23(19-24)33(50)51/h3-4,7-8,11,15,20-24,30H,2,5-6,9-10,12-14,16-19,45H2,1H3,(H,50,51)/t23-,24-,30-,36+/m1/s1. The highest BCUT2D eigenvalue weighted by Gasteiger charge is 2.56. The molecule has 17 heteroatoms. The number of carboxylic acid groups (broad SMARTS) is 1. The predicted octanol–water partition coefficient (Wildman–Crippen LogP) is 7.51. The number of rotatable bonds is 10. The number of nitrogens with zero attached hydrogens (tertiary/aromatic N) is 3. The first-order chi connectivity index (χ1) is 26.0. The molecule has 3 aliphatic rings. The zero-order chi connectivity index (χ0) is 39.8. The Labute approximate surface area is 317 Å². The Morgan fingerprint density at radius 2 is 1.75 bits per heavy atom. The SMILES string of the molecule is CCC[C@H]1N(C(=O)c2cnccc2C(F)(F)F)CCC[C@@]1(Oc1csc(C(F)(F)F)c1)C(=O)N1CCC(N)(c2ccccc2O[C@@H]2CC[C@@H](C(=O)O)C2)CC1. The molecule has 3 N–H and O–H groups in total. The van der Waals surface area contributed by atoms with E-state index in [1.807, 2.05) is 6.07 Å². The van der Waals surface area contributed by atoms with Gasteiger partial charge in [-0.05, 0) is 57.1 Å². The van der Waals surface area contributed by atoms with Crippen LogP contribution in [0.1, 0.15) is 91.1 Å². The third-order valence-electron chi connectivity index (χ3n) is 11.0. The van der Waals surface area contributed by atoms with Crippen LogP contribution >= 0.6 is 11.3 Å². The maximum Gasteiger partial charge on any atom is 0.425 e. The Bertz CT molecular complexity index is 1880. The number of aliphatic carboxylic acids is 1. The molecular formula is C38H42F6N4O6S. The number of carbonyl (C=O) groups excluding carboxylic acids is 2. The van der Waals surface area contributed by atoms with Crippen molar-refractivity contribution in [2.45, 2.75) is 100 Å². The molecule has 10 nitrogen and oxygen atoms in total. The van der Waals surface area contributed by atoms with Gasteiger partial charge in [-0.25, -0.2) is 0 Å². The van der Waals surface area contributed by atoms with Crippen molar-refractivity contribution in [1.82, 2.24) is 14.8 Å². The van der Waals surface area contributed by atoms with Crippen molar-refractivity contribution in [2.24, 2.45) is 11.7 Å². The van der Waals surface area contributed by atoms with E-state index in [-0.39, 0.29) is 63.6 Å². The number of amides is 2. The molecule has 4 heterocycles. The molecule has 0 spiro atoms. The molecule has 2 aromatic heterocycles. The van der Waals surface area contributed by atoms with Gasteiger partial charge in [0, 0.05) is 61.0 Å². The van der Waals surface area contributed by atoms with E-state index < -0.39 is 69.2 Å². The van der Waals surface area contributed by atoms with Crippen LogP contribution in [0.4, 0.5) is 26.3 Å². The van der Waals surface area contributed by atoms with Crippen LogP contribution in [0.2, 0.25) is 0 Å². The summed E-state index contributed by atoms with van der Waals surface area (Å²) in [5.74, 6) is -2.73. The van der Waals surface area contributed by atoms with Crippen LogP contribution in [0.25, 0.3) is 0 Å². The second-order valence-corrected chi connectivity index (χ2v) is 15.4. The summed E-state index contributed by atoms with van der Waals surface area (Å²) < 4.78 is 96.0. The summed E-state index contributed by atoms with van der Waals surface area (Å²) in [5, 5.41) is 10.6. The highest BCUT2D eigenvalue weighted by atomic mass is 32.1. The molecule has 0 radical (unpaired) electrons. The lowest BCUT2D eigenvalue weighted by atomic mass is 9.77. The molecule has 1 saturated carbocycles. The summed E-state index contributed by atoms with van der Waals surface area (Å²) in [6.07, 6.45) is -5.70. The van der Waals surface area contributed by atoms with Crippen molar-refractivity contribution in [3.63, 3.8) is 0 Å². The van der Waals surface area contributed by atoms with E-state index >= 15 is 0 Å². The normalized spacial score (nSPS) is 24.4. The molecule has 3 fully saturated rings. The summed E-state index contributed by atoms with van der Waals surface area (Å²) in [6, 6.07) is 7.51. The summed E-state index contributed by atoms with van der Waals surface area (Å²) in [7, 11) is 0. The number of alkyl halides is 6. The number of likely N-dealkylation sites (tertiary alicyclic amines) is 2. The number of piperidine rings is 2. The van der Waals surface area contributed by atoms with Crippen LogP contribution in [0.5, 0.6) is 11.5 Å². The lowest BCUT2D eigenvalue weighted by molar-refractivity contribution is -0.161. The molecule has 2 amide bonds. The minimum absolute atomic E-state index is 0.0175. The van der Waals surface area contributed by atoms with Gasteiger partial charge in [-0.2, -0.15) is 26.3 Å². The fraction of sp³-hybridized carbons (Fsp3) is 0.526. The number of carboxylic acids is 1. The number of nitrogens with two attached hydrogens (primary N) is 1. The van der Waals surface area contributed by atoms with E-state index in [0.29, 0.717) is 54.4 Å². The quantitative estimate of drug-likeness (QED) is 0.202. The van der Waals surface area contributed by atoms with Gasteiger partial charge in [0.15, 0.2) is 0 Å². The van der Waals surface area contributed by atoms with Gasteiger partial charge in [0.1, 0.15) is 16.4 Å². The zero-order valence-electron chi connectivity index (χ0n) is 30.0. The Morgan fingerprint density at radius 3 is 2.38 bits per heavy atom. The zero-order valence-corrected chi connectivity index (χ0v) is 30.8. The van der Waals surface area contributed by atoms with Crippen molar-refractivity contribution in [2.75, 3.05) is 19.6 Å². The minimum atomic E-state index is -4.89. The number of para-hydroxylation sites is 1. The van der Waals surface area contributed by atoms with Gasteiger partial charge in [0.05, 0.1) is 29.2 Å². The third kappa shape index (κ3) is 8.27. The van der Waals surface area contributed by atoms with Gasteiger partial charge in [-0.1, -0.05) is 31.5 Å². The van der Waals surface area contributed by atoms with Crippen molar-refractivity contribution in [1.29, 1.82) is 0 Å². The Kier molecular flexibility index (Phi) is 11.5. The first kappa shape index (κ1) is 40.3. The van der Waals surface area contributed by atoms with Crippen LogP contribution in [0, 0.1) is 5.92 Å². The number of thiophene rings is 1. The number of hydrogen-bond acceptors (Lipinski definition) is 8. The van der Waals surface area contributed by atoms with E-state index in [1.54, 1.807) is 25.1 Å². The van der Waals surface area contributed by atoms with Gasteiger partial charge >= 0.3 is 18.3 Å². The first-order valence-corrected chi connectivity index (χ1v) is 19.1. The maximum absolute atomic E-state index is 15.0.